The first-order valence-electron chi connectivity index (χ1n) is 6.88. The van der Waals surface area contributed by atoms with E-state index in [1.807, 2.05) is 0 Å². The summed E-state index contributed by atoms with van der Waals surface area (Å²) in [5, 5.41) is 9.03. The van der Waals surface area contributed by atoms with Gasteiger partial charge in [-0.2, -0.15) is 0 Å². The molecule has 1 fully saturated rings. The van der Waals surface area contributed by atoms with E-state index in [9.17, 15) is 23.1 Å². The van der Waals surface area contributed by atoms with Crippen LogP contribution in [0.25, 0.3) is 6.08 Å². The minimum atomic E-state index is -3.76. The van der Waals surface area contributed by atoms with E-state index < -0.39 is 32.3 Å². The molecule has 0 bridgehead atoms. The third-order valence-corrected chi connectivity index (χ3v) is 6.61. The largest absolute Gasteiger partial charge is 1.00 e. The topological polar surface area (TPSA) is 107 Å². The number of nitrogens with zero attached hydrogens (tertiary/aromatic N) is 2. The molecule has 9 heteroatoms. The number of β-lactam (4-membered cyclic amide) rings is 1. The molecule has 1 aromatic rings. The number of fused-ring (bicyclic) bond motifs is 1. The Hall–Kier alpha value is -1.48. The molecule has 1 amide bonds. The van der Waals surface area contributed by atoms with Crippen LogP contribution in [0.1, 0.15) is 19.5 Å². The second kappa shape index (κ2) is 6.44. The van der Waals surface area contributed by atoms with E-state index >= 15 is 0 Å². The van der Waals surface area contributed by atoms with E-state index in [1.54, 1.807) is 18.2 Å². The van der Waals surface area contributed by atoms with Gasteiger partial charge in [-0.3, -0.25) is 14.7 Å². The van der Waals surface area contributed by atoms with E-state index in [4.69, 9.17) is 0 Å². The Balaban J connectivity index is 0.00000208. The quantitative estimate of drug-likeness (QED) is 0.309. The number of hydrogen-bond donors (Lipinski definition) is 0. The summed E-state index contributed by atoms with van der Waals surface area (Å²) in [6.07, 6.45) is 2.89. The molecule has 2 atom stereocenters. The molecule has 1 aromatic heterocycles. The molecule has 2 aliphatic heterocycles. The smallest absolute Gasteiger partial charge is 0.543 e. The van der Waals surface area contributed by atoms with Gasteiger partial charge in [-0.1, -0.05) is 6.07 Å². The second-order valence-corrected chi connectivity index (χ2v) is 7.76. The van der Waals surface area contributed by atoms with Crippen LogP contribution in [0.2, 0.25) is 0 Å². The van der Waals surface area contributed by atoms with Crippen LogP contribution in [0.3, 0.4) is 0 Å². The van der Waals surface area contributed by atoms with Crippen molar-refractivity contribution in [2.75, 3.05) is 0 Å². The third-order valence-electron chi connectivity index (χ3n) is 4.18. The second-order valence-electron chi connectivity index (χ2n) is 5.43. The van der Waals surface area contributed by atoms with Crippen molar-refractivity contribution in [2.24, 2.45) is 0 Å². The summed E-state index contributed by atoms with van der Waals surface area (Å²) in [6.45, 7) is 2.80. The first-order chi connectivity index (χ1) is 10.8. The van der Waals surface area contributed by atoms with Crippen molar-refractivity contribution in [3.05, 3.63) is 46.9 Å². The predicted molar refractivity (Wildman–Crippen MR) is 78.9 cm³/mol. The summed E-state index contributed by atoms with van der Waals surface area (Å²) in [6, 6.07) is 5.02. The zero-order valence-electron chi connectivity index (χ0n) is 13.4. The van der Waals surface area contributed by atoms with E-state index in [-0.39, 0.29) is 46.4 Å². The number of aromatic nitrogens is 1. The summed E-state index contributed by atoms with van der Waals surface area (Å²) < 4.78 is 25.2. The van der Waals surface area contributed by atoms with Gasteiger partial charge in [-0.05, 0) is 37.6 Å². The standard InChI is InChI=1S/C15H14N2O5S.Na/c1-8-9(2)23(21,22)14-11(7-10-5-3-4-6-16-10)13(18)17(14)12(8)15(19)20;/h3-7,9,14H,1-2H3,(H,19,20);/q;+1/p-1/b11-7-;/t9?,14-;/m1./s1. The summed E-state index contributed by atoms with van der Waals surface area (Å²) in [7, 11) is -3.76. The predicted octanol–water partition coefficient (Wildman–Crippen LogP) is -3.52. The van der Waals surface area contributed by atoms with Gasteiger partial charge in [0.2, 0.25) is 0 Å². The summed E-state index contributed by atoms with van der Waals surface area (Å²) in [5.41, 5.74) is 0.188. The van der Waals surface area contributed by atoms with Gasteiger partial charge >= 0.3 is 29.6 Å². The van der Waals surface area contributed by atoms with Crippen LogP contribution in [0.15, 0.2) is 41.2 Å². The number of hydrogen-bond acceptors (Lipinski definition) is 6. The van der Waals surface area contributed by atoms with Crippen molar-refractivity contribution in [3.8, 4) is 0 Å². The van der Waals surface area contributed by atoms with Gasteiger partial charge in [0.1, 0.15) is 0 Å². The van der Waals surface area contributed by atoms with Crippen molar-refractivity contribution >= 4 is 27.8 Å². The van der Waals surface area contributed by atoms with Gasteiger partial charge < -0.3 is 9.90 Å². The van der Waals surface area contributed by atoms with Gasteiger partial charge in [-0.25, -0.2) is 8.42 Å². The molecule has 1 unspecified atom stereocenters. The molecular formula is C15H13N2NaO5S. The fourth-order valence-electron chi connectivity index (χ4n) is 2.80. The Morgan fingerprint density at radius 3 is 2.58 bits per heavy atom. The van der Waals surface area contributed by atoms with Crippen LogP contribution in [0.5, 0.6) is 0 Å². The average molecular weight is 356 g/mol. The number of carbonyl (C=O) groups is 2. The van der Waals surface area contributed by atoms with Crippen molar-refractivity contribution in [3.63, 3.8) is 0 Å². The number of rotatable bonds is 2. The van der Waals surface area contributed by atoms with Gasteiger partial charge in [-0.15, -0.1) is 0 Å². The van der Waals surface area contributed by atoms with Crippen molar-refractivity contribution in [1.29, 1.82) is 0 Å². The van der Waals surface area contributed by atoms with Crippen LogP contribution >= 0.6 is 0 Å². The maximum Gasteiger partial charge on any atom is 1.00 e. The number of pyridine rings is 1. The Morgan fingerprint density at radius 1 is 1.38 bits per heavy atom. The normalized spacial score (nSPS) is 26.5. The van der Waals surface area contributed by atoms with Crippen LogP contribution in [0.4, 0.5) is 0 Å². The fourth-order valence-corrected chi connectivity index (χ4v) is 4.81. The van der Waals surface area contributed by atoms with Crippen LogP contribution < -0.4 is 34.7 Å². The molecule has 1 saturated heterocycles. The Kier molecular flexibility index (Phi) is 5.06. The first-order valence-corrected chi connectivity index (χ1v) is 8.48. The molecule has 3 rings (SSSR count). The monoisotopic (exact) mass is 356 g/mol. The number of amides is 1. The zero-order valence-corrected chi connectivity index (χ0v) is 16.2. The Morgan fingerprint density at radius 2 is 2.04 bits per heavy atom. The van der Waals surface area contributed by atoms with Crippen LogP contribution in [-0.4, -0.2) is 40.8 Å². The van der Waals surface area contributed by atoms with Crippen molar-refractivity contribution < 1.29 is 52.7 Å². The molecule has 0 aliphatic carbocycles. The van der Waals surface area contributed by atoms with Crippen molar-refractivity contribution in [1.82, 2.24) is 9.88 Å². The molecular weight excluding hydrogens is 343 g/mol. The zero-order chi connectivity index (χ0) is 16.9. The maximum absolute atomic E-state index is 12.6. The fraction of sp³-hybridized carbons (Fsp3) is 0.267. The maximum atomic E-state index is 12.6. The first kappa shape index (κ1) is 18.9. The van der Waals surface area contributed by atoms with Crippen LogP contribution in [-0.2, 0) is 19.4 Å². The number of carbonyl (C=O) groups excluding carboxylic acids is 2. The minimum absolute atomic E-state index is 0. The minimum Gasteiger partial charge on any atom is -0.543 e. The molecule has 24 heavy (non-hydrogen) atoms. The van der Waals surface area contributed by atoms with E-state index in [0.29, 0.717) is 5.69 Å². The molecule has 0 spiro atoms. The summed E-state index contributed by atoms with van der Waals surface area (Å²) >= 11 is 0. The number of carboxylic acids is 1. The van der Waals surface area contributed by atoms with E-state index in [2.05, 4.69) is 4.98 Å². The number of aliphatic carboxylic acids is 1. The Labute approximate surface area is 161 Å². The average Bonchev–Trinajstić information content (AvgIpc) is 2.51. The summed E-state index contributed by atoms with van der Waals surface area (Å²) in [5.74, 6) is -2.21. The van der Waals surface area contributed by atoms with Gasteiger partial charge in [0, 0.05) is 6.20 Å². The van der Waals surface area contributed by atoms with Crippen molar-refractivity contribution in [2.45, 2.75) is 24.5 Å². The van der Waals surface area contributed by atoms with Gasteiger partial charge in [0.05, 0.1) is 28.2 Å². The van der Waals surface area contributed by atoms with Gasteiger partial charge in [0.25, 0.3) is 5.91 Å². The molecule has 0 saturated carbocycles. The SMILES string of the molecule is CC1=C(C(=O)[O-])N2C(=O)/C(=C/c3ccccn3)[C@H]2S(=O)(=O)C1C.[Na+]. The Bertz CT molecular complexity index is 876. The molecule has 2 aliphatic rings. The van der Waals surface area contributed by atoms with E-state index in [0.717, 1.165) is 4.90 Å². The number of carboxylic acid groups (broad SMARTS) is 1. The summed E-state index contributed by atoms with van der Waals surface area (Å²) in [4.78, 5) is 28.4. The van der Waals surface area contributed by atoms with Gasteiger partial charge in [0.15, 0.2) is 15.2 Å². The number of sulfone groups is 1. The third kappa shape index (κ3) is 2.63. The molecule has 120 valence electrons. The molecule has 7 nitrogen and oxygen atoms in total. The van der Waals surface area contributed by atoms with E-state index in [1.165, 1.54) is 26.1 Å². The van der Waals surface area contributed by atoms with Crippen LogP contribution in [0, 0.1) is 0 Å². The molecule has 0 N–H and O–H groups in total. The molecule has 3 heterocycles. The molecule has 0 aromatic carbocycles. The molecule has 0 radical (unpaired) electrons.